The van der Waals surface area contributed by atoms with E-state index in [4.69, 9.17) is 5.10 Å². The average Bonchev–Trinajstić information content (AvgIpc) is 3.41. The number of piperidine rings is 1. The Morgan fingerprint density at radius 3 is 2.46 bits per heavy atom. The van der Waals surface area contributed by atoms with Crippen LogP contribution in [0.3, 0.4) is 0 Å². The molecule has 1 saturated carbocycles. The van der Waals surface area contributed by atoms with Crippen molar-refractivity contribution in [2.24, 2.45) is 0 Å². The van der Waals surface area contributed by atoms with Crippen molar-refractivity contribution in [3.8, 4) is 0 Å². The quantitative estimate of drug-likeness (QED) is 0.742. The molecule has 0 N–H and O–H groups in total. The van der Waals surface area contributed by atoms with Gasteiger partial charge in [0.25, 0.3) is 0 Å². The van der Waals surface area contributed by atoms with Crippen molar-refractivity contribution < 1.29 is 0 Å². The van der Waals surface area contributed by atoms with Gasteiger partial charge in [-0.25, -0.2) is 9.50 Å². The molecule has 2 fully saturated rings. The third kappa shape index (κ3) is 2.44. The van der Waals surface area contributed by atoms with Gasteiger partial charge in [0.15, 0.2) is 5.82 Å². The minimum absolute atomic E-state index is 0.635. The summed E-state index contributed by atoms with van der Waals surface area (Å²) in [6, 6.07) is 6.55. The fourth-order valence-corrected chi connectivity index (χ4v) is 3.81. The first-order chi connectivity index (χ1) is 11.9. The molecule has 0 spiro atoms. The highest BCUT2D eigenvalue weighted by Crippen LogP contribution is 2.40. The highest BCUT2D eigenvalue weighted by molar-refractivity contribution is 5.69. The lowest BCUT2D eigenvalue weighted by molar-refractivity contribution is 0.503. The maximum atomic E-state index is 4.74. The molecule has 0 unspecified atom stereocenters. The van der Waals surface area contributed by atoms with E-state index in [9.17, 15) is 0 Å². The van der Waals surface area contributed by atoms with Crippen molar-refractivity contribution in [3.05, 3.63) is 54.2 Å². The Balaban J connectivity index is 1.39. The van der Waals surface area contributed by atoms with Gasteiger partial charge in [-0.05, 0) is 55.4 Å². The van der Waals surface area contributed by atoms with Crippen LogP contribution in [0.4, 0.5) is 5.82 Å². The Kier molecular flexibility index (Phi) is 3.25. The van der Waals surface area contributed by atoms with E-state index in [0.717, 1.165) is 37.3 Å². The van der Waals surface area contributed by atoms with Crippen LogP contribution in [0.1, 0.15) is 48.8 Å². The molecule has 0 aromatic carbocycles. The first kappa shape index (κ1) is 14.0. The Hall–Kier alpha value is -2.43. The van der Waals surface area contributed by atoms with Crippen molar-refractivity contribution in [1.29, 1.82) is 0 Å². The van der Waals surface area contributed by atoms with Gasteiger partial charge in [0.05, 0.1) is 5.69 Å². The van der Waals surface area contributed by atoms with Crippen LogP contribution in [-0.2, 0) is 0 Å². The van der Waals surface area contributed by atoms with E-state index in [2.05, 4.69) is 33.1 Å². The topological polar surface area (TPSA) is 46.3 Å². The first-order valence-corrected chi connectivity index (χ1v) is 8.87. The molecule has 1 saturated heterocycles. The molecule has 122 valence electrons. The minimum atomic E-state index is 0.635. The predicted octanol–water partition coefficient (Wildman–Crippen LogP) is 3.39. The second kappa shape index (κ2) is 5.58. The van der Waals surface area contributed by atoms with Crippen molar-refractivity contribution >= 4 is 11.3 Å². The molecular formula is C19H21N5. The molecule has 5 nitrogen and oxygen atoms in total. The van der Waals surface area contributed by atoms with Gasteiger partial charge in [-0.2, -0.15) is 5.10 Å². The predicted molar refractivity (Wildman–Crippen MR) is 93.4 cm³/mol. The zero-order valence-electron chi connectivity index (χ0n) is 13.7. The lowest BCUT2D eigenvalue weighted by atomic mass is 9.90. The van der Waals surface area contributed by atoms with E-state index in [1.54, 1.807) is 0 Å². The Morgan fingerprint density at radius 2 is 1.71 bits per heavy atom. The average molecular weight is 319 g/mol. The van der Waals surface area contributed by atoms with Gasteiger partial charge in [0.1, 0.15) is 5.52 Å². The van der Waals surface area contributed by atoms with Gasteiger partial charge < -0.3 is 4.90 Å². The van der Waals surface area contributed by atoms with E-state index >= 15 is 0 Å². The summed E-state index contributed by atoms with van der Waals surface area (Å²) in [6.45, 7) is 2.09. The lowest BCUT2D eigenvalue weighted by Gasteiger charge is -2.33. The molecule has 5 rings (SSSR count). The van der Waals surface area contributed by atoms with Crippen LogP contribution in [0.25, 0.3) is 5.52 Å². The minimum Gasteiger partial charge on any atom is -0.355 e. The van der Waals surface area contributed by atoms with Crippen molar-refractivity contribution in [3.63, 3.8) is 0 Å². The number of anilines is 1. The molecule has 3 aromatic rings. The van der Waals surface area contributed by atoms with Crippen molar-refractivity contribution in [2.75, 3.05) is 18.0 Å². The van der Waals surface area contributed by atoms with Crippen LogP contribution in [0.5, 0.6) is 0 Å². The molecule has 0 amide bonds. The molecule has 5 heteroatoms. The van der Waals surface area contributed by atoms with E-state index in [0.29, 0.717) is 11.8 Å². The van der Waals surface area contributed by atoms with Crippen molar-refractivity contribution in [1.82, 2.24) is 19.6 Å². The summed E-state index contributed by atoms with van der Waals surface area (Å²) < 4.78 is 2.00. The fourth-order valence-electron chi connectivity index (χ4n) is 3.81. The van der Waals surface area contributed by atoms with Gasteiger partial charge in [0.2, 0.25) is 0 Å². The Morgan fingerprint density at radius 1 is 0.917 bits per heavy atom. The summed E-state index contributed by atoms with van der Waals surface area (Å²) in [5.41, 5.74) is 3.80. The summed E-state index contributed by atoms with van der Waals surface area (Å²) in [5, 5.41) is 4.74. The molecule has 2 aliphatic rings. The number of fused-ring (bicyclic) bond motifs is 1. The number of rotatable bonds is 3. The number of pyridine rings is 1. The SMILES string of the molecule is c1cc(C2CCN(c3nccn4nc(C5CC5)cc34)CC2)ccn1. The summed E-state index contributed by atoms with van der Waals surface area (Å²) in [4.78, 5) is 11.2. The fraction of sp³-hybridized carbons (Fsp3) is 0.421. The van der Waals surface area contributed by atoms with Gasteiger partial charge in [0, 0.05) is 43.8 Å². The largest absolute Gasteiger partial charge is 0.355 e. The zero-order chi connectivity index (χ0) is 15.9. The third-order valence-electron chi connectivity index (χ3n) is 5.36. The number of hydrogen-bond acceptors (Lipinski definition) is 4. The maximum absolute atomic E-state index is 4.74. The molecule has 0 bridgehead atoms. The van der Waals surface area contributed by atoms with Gasteiger partial charge >= 0.3 is 0 Å². The van der Waals surface area contributed by atoms with Crippen LogP contribution in [-0.4, -0.2) is 32.7 Å². The molecule has 24 heavy (non-hydrogen) atoms. The Bertz CT molecular complexity index is 845. The van der Waals surface area contributed by atoms with Crippen LogP contribution in [0.15, 0.2) is 43.0 Å². The van der Waals surface area contributed by atoms with Gasteiger partial charge in [-0.15, -0.1) is 0 Å². The molecule has 4 heterocycles. The van der Waals surface area contributed by atoms with E-state index in [1.807, 2.05) is 29.3 Å². The molecule has 1 aliphatic heterocycles. The normalized spacial score (nSPS) is 19.1. The molecule has 1 aliphatic carbocycles. The van der Waals surface area contributed by atoms with Crippen LogP contribution < -0.4 is 4.90 Å². The Labute approximate surface area is 141 Å². The van der Waals surface area contributed by atoms with Gasteiger partial charge in [-0.1, -0.05) is 0 Å². The maximum Gasteiger partial charge on any atom is 0.154 e. The second-order valence-electron chi connectivity index (χ2n) is 6.97. The molecule has 3 aromatic heterocycles. The van der Waals surface area contributed by atoms with Crippen molar-refractivity contribution in [2.45, 2.75) is 37.5 Å². The third-order valence-corrected chi connectivity index (χ3v) is 5.36. The summed E-state index contributed by atoms with van der Waals surface area (Å²) >= 11 is 0. The summed E-state index contributed by atoms with van der Waals surface area (Å²) in [5.74, 6) is 2.40. The standard InChI is InChI=1S/C19H21N5/c1-2-16(1)17-13-18-19(21-9-12-24(18)22-17)23-10-5-15(6-11-23)14-3-7-20-8-4-14/h3-4,7-9,12-13,15-16H,1-2,5-6,10-11H2. The monoisotopic (exact) mass is 319 g/mol. The number of nitrogens with zero attached hydrogens (tertiary/aromatic N) is 5. The molecule has 0 atom stereocenters. The van der Waals surface area contributed by atoms with Gasteiger partial charge in [-0.3, -0.25) is 4.98 Å². The second-order valence-corrected chi connectivity index (χ2v) is 6.97. The smallest absolute Gasteiger partial charge is 0.154 e. The molecular weight excluding hydrogens is 298 g/mol. The lowest BCUT2D eigenvalue weighted by Crippen LogP contribution is -2.33. The summed E-state index contributed by atoms with van der Waals surface area (Å²) in [7, 11) is 0. The zero-order valence-corrected chi connectivity index (χ0v) is 13.7. The highest BCUT2D eigenvalue weighted by atomic mass is 15.3. The van der Waals surface area contributed by atoms with Crippen LogP contribution in [0, 0.1) is 0 Å². The molecule has 0 radical (unpaired) electrons. The van der Waals surface area contributed by atoms with Crippen LogP contribution >= 0.6 is 0 Å². The highest BCUT2D eigenvalue weighted by Gasteiger charge is 2.28. The number of hydrogen-bond donors (Lipinski definition) is 0. The van der Waals surface area contributed by atoms with E-state index in [-0.39, 0.29) is 0 Å². The van der Waals surface area contributed by atoms with E-state index in [1.165, 1.54) is 24.1 Å². The number of aromatic nitrogens is 4. The van der Waals surface area contributed by atoms with Crippen LogP contribution in [0.2, 0.25) is 0 Å². The van der Waals surface area contributed by atoms with E-state index < -0.39 is 0 Å². The first-order valence-electron chi connectivity index (χ1n) is 8.87. The summed E-state index contributed by atoms with van der Waals surface area (Å²) in [6.07, 6.45) is 12.5.